The summed E-state index contributed by atoms with van der Waals surface area (Å²) in [6.07, 6.45) is 4.88. The molecule has 0 radical (unpaired) electrons. The second-order valence-electron chi connectivity index (χ2n) is 6.67. The highest BCUT2D eigenvalue weighted by Crippen LogP contribution is 2.39. The van der Waals surface area contributed by atoms with Crippen LogP contribution in [-0.4, -0.2) is 71.8 Å². The van der Waals surface area contributed by atoms with E-state index in [0.717, 1.165) is 32.8 Å². The fraction of sp³-hybridized carbons (Fsp3) is 0.938. The molecule has 0 amide bonds. The normalized spacial score (nSPS) is 32.7. The van der Waals surface area contributed by atoms with Crippen molar-refractivity contribution in [3.8, 4) is 6.07 Å². The minimum atomic E-state index is 0.0588. The van der Waals surface area contributed by atoms with Crippen molar-refractivity contribution in [1.29, 1.82) is 5.26 Å². The first-order chi connectivity index (χ1) is 10.2. The lowest BCUT2D eigenvalue weighted by Crippen LogP contribution is -2.56. The van der Waals surface area contributed by atoms with Crippen LogP contribution < -0.4 is 0 Å². The van der Waals surface area contributed by atoms with Gasteiger partial charge in [-0.25, -0.2) is 0 Å². The number of piperazine rings is 1. The van der Waals surface area contributed by atoms with Crippen molar-refractivity contribution in [2.75, 3.05) is 44.3 Å². The Morgan fingerprint density at radius 2 is 1.95 bits per heavy atom. The number of rotatable bonds is 2. The summed E-state index contributed by atoms with van der Waals surface area (Å²) in [7, 11) is 0. The molecule has 0 aromatic rings. The summed E-state index contributed by atoms with van der Waals surface area (Å²) in [5.41, 5.74) is 0.186. The minimum absolute atomic E-state index is 0.0588. The molecule has 5 heteroatoms. The largest absolute Gasteiger partial charge is 0.375 e. The molecule has 0 aliphatic carbocycles. The van der Waals surface area contributed by atoms with Crippen LogP contribution in [0, 0.1) is 11.3 Å². The van der Waals surface area contributed by atoms with E-state index in [1.54, 1.807) is 0 Å². The van der Waals surface area contributed by atoms with Gasteiger partial charge in [0.15, 0.2) is 0 Å². The first-order valence-electron chi connectivity index (χ1n) is 8.32. The van der Waals surface area contributed by atoms with Crippen LogP contribution in [0.4, 0.5) is 0 Å². The fourth-order valence-electron chi connectivity index (χ4n) is 3.98. The maximum Gasteiger partial charge on any atom is 0.0950 e. The van der Waals surface area contributed by atoms with Gasteiger partial charge in [0, 0.05) is 38.8 Å². The number of hydrogen-bond donors (Lipinski definition) is 0. The van der Waals surface area contributed by atoms with E-state index in [9.17, 15) is 0 Å². The van der Waals surface area contributed by atoms with E-state index in [4.69, 9.17) is 10.00 Å². The van der Waals surface area contributed by atoms with Crippen LogP contribution in [0.2, 0.25) is 0 Å². The average Bonchev–Trinajstić information content (AvgIpc) is 2.55. The van der Waals surface area contributed by atoms with E-state index in [2.05, 4.69) is 27.6 Å². The van der Waals surface area contributed by atoms with Crippen LogP contribution in [0.15, 0.2) is 0 Å². The number of thioether (sulfide) groups is 1. The molecule has 3 heterocycles. The highest BCUT2D eigenvalue weighted by molar-refractivity contribution is 7.99. The molecule has 2 atom stereocenters. The molecule has 0 aromatic carbocycles. The van der Waals surface area contributed by atoms with Crippen LogP contribution in [-0.2, 0) is 4.74 Å². The van der Waals surface area contributed by atoms with Crippen LogP contribution in [0.25, 0.3) is 0 Å². The van der Waals surface area contributed by atoms with Gasteiger partial charge in [-0.15, -0.1) is 0 Å². The third-order valence-corrected chi connectivity index (χ3v) is 6.46. The van der Waals surface area contributed by atoms with Gasteiger partial charge < -0.3 is 4.74 Å². The molecule has 3 aliphatic rings. The Morgan fingerprint density at radius 1 is 1.24 bits per heavy atom. The lowest BCUT2D eigenvalue weighted by atomic mass is 9.84. The van der Waals surface area contributed by atoms with Crippen molar-refractivity contribution >= 4 is 11.8 Å². The molecule has 3 fully saturated rings. The molecule has 4 nitrogen and oxygen atoms in total. The highest BCUT2D eigenvalue weighted by Gasteiger charge is 2.41. The van der Waals surface area contributed by atoms with Crippen molar-refractivity contribution in [2.45, 2.75) is 50.3 Å². The second-order valence-corrected chi connectivity index (χ2v) is 7.89. The number of hydrogen-bond acceptors (Lipinski definition) is 5. The molecule has 1 spiro atoms. The monoisotopic (exact) mass is 309 g/mol. The zero-order valence-corrected chi connectivity index (χ0v) is 13.9. The Hall–Kier alpha value is -0.280. The molecule has 0 saturated carbocycles. The molecule has 3 rings (SSSR count). The fourth-order valence-corrected chi connectivity index (χ4v) is 5.21. The smallest absolute Gasteiger partial charge is 0.0950 e. The van der Waals surface area contributed by atoms with E-state index in [1.807, 2.05) is 6.92 Å². The van der Waals surface area contributed by atoms with Gasteiger partial charge in [-0.3, -0.25) is 9.80 Å². The first kappa shape index (κ1) is 15.6. The van der Waals surface area contributed by atoms with Crippen LogP contribution in [0.1, 0.15) is 32.6 Å². The number of ether oxygens (including phenoxy) is 1. The van der Waals surface area contributed by atoms with Gasteiger partial charge in [-0.2, -0.15) is 17.0 Å². The van der Waals surface area contributed by atoms with Gasteiger partial charge in [-0.05, 0) is 44.1 Å². The van der Waals surface area contributed by atoms with E-state index in [-0.39, 0.29) is 11.6 Å². The maximum absolute atomic E-state index is 9.04. The van der Waals surface area contributed by atoms with Gasteiger partial charge in [-0.1, -0.05) is 0 Å². The Bertz CT molecular complexity index is 378. The molecule has 2 unspecified atom stereocenters. The molecular formula is C16H27N3OS. The summed E-state index contributed by atoms with van der Waals surface area (Å²) in [4.78, 5) is 4.97. The van der Waals surface area contributed by atoms with Crippen molar-refractivity contribution in [3.05, 3.63) is 0 Å². The number of nitriles is 1. The SMILES string of the molecule is CC(C#N)N1CCN(C2CCOC3(CCSCC3)C2)CC1. The molecule has 3 aliphatic heterocycles. The minimum Gasteiger partial charge on any atom is -0.375 e. The van der Waals surface area contributed by atoms with Crippen molar-refractivity contribution in [2.24, 2.45) is 0 Å². The maximum atomic E-state index is 9.04. The summed E-state index contributed by atoms with van der Waals surface area (Å²) in [5.74, 6) is 2.53. The standard InChI is InChI=1S/C16H27N3OS/c1-14(13-17)18-5-7-19(8-6-18)15-2-9-20-16(12-15)3-10-21-11-4-16/h14-15H,2-12H2,1H3. The quantitative estimate of drug-likeness (QED) is 0.780. The van der Waals surface area contributed by atoms with Crippen LogP contribution >= 0.6 is 11.8 Å². The lowest BCUT2D eigenvalue weighted by molar-refractivity contribution is -0.114. The predicted octanol–water partition coefficient (Wildman–Crippen LogP) is 1.96. The summed E-state index contributed by atoms with van der Waals surface area (Å²) in [6.45, 7) is 7.25. The number of nitrogens with zero attached hydrogens (tertiary/aromatic N) is 3. The Morgan fingerprint density at radius 3 is 2.62 bits per heavy atom. The summed E-state index contributed by atoms with van der Waals surface area (Å²) >= 11 is 2.07. The van der Waals surface area contributed by atoms with Gasteiger partial charge in [0.05, 0.1) is 17.7 Å². The van der Waals surface area contributed by atoms with E-state index in [0.29, 0.717) is 6.04 Å². The van der Waals surface area contributed by atoms with Gasteiger partial charge in [0.25, 0.3) is 0 Å². The van der Waals surface area contributed by atoms with Gasteiger partial charge in [0.1, 0.15) is 0 Å². The zero-order chi connectivity index (χ0) is 14.7. The average molecular weight is 309 g/mol. The third-order valence-electron chi connectivity index (χ3n) is 5.47. The topological polar surface area (TPSA) is 39.5 Å². The molecule has 118 valence electrons. The lowest BCUT2D eigenvalue weighted by Gasteiger charge is -2.48. The summed E-state index contributed by atoms with van der Waals surface area (Å²) in [5, 5.41) is 9.04. The summed E-state index contributed by atoms with van der Waals surface area (Å²) in [6, 6.07) is 3.12. The van der Waals surface area contributed by atoms with Crippen molar-refractivity contribution < 1.29 is 4.74 Å². The third kappa shape index (κ3) is 3.56. The van der Waals surface area contributed by atoms with E-state index < -0.39 is 0 Å². The second kappa shape index (κ2) is 6.87. The molecule has 0 aromatic heterocycles. The zero-order valence-electron chi connectivity index (χ0n) is 13.1. The molecular weight excluding hydrogens is 282 g/mol. The first-order valence-corrected chi connectivity index (χ1v) is 9.47. The summed E-state index contributed by atoms with van der Waals surface area (Å²) < 4.78 is 6.21. The molecule has 0 N–H and O–H groups in total. The van der Waals surface area contributed by atoms with Gasteiger partial charge in [0.2, 0.25) is 0 Å². The van der Waals surface area contributed by atoms with E-state index >= 15 is 0 Å². The molecule has 21 heavy (non-hydrogen) atoms. The van der Waals surface area contributed by atoms with E-state index in [1.165, 1.54) is 37.2 Å². The molecule has 0 bridgehead atoms. The Labute approximate surface area is 132 Å². The van der Waals surface area contributed by atoms with Crippen LogP contribution in [0.3, 0.4) is 0 Å². The van der Waals surface area contributed by atoms with Crippen molar-refractivity contribution in [3.63, 3.8) is 0 Å². The van der Waals surface area contributed by atoms with Gasteiger partial charge >= 0.3 is 0 Å². The predicted molar refractivity (Wildman–Crippen MR) is 86.5 cm³/mol. The molecule has 3 saturated heterocycles. The van der Waals surface area contributed by atoms with Crippen LogP contribution in [0.5, 0.6) is 0 Å². The highest BCUT2D eigenvalue weighted by atomic mass is 32.2. The van der Waals surface area contributed by atoms with Crippen molar-refractivity contribution in [1.82, 2.24) is 9.80 Å². The Kier molecular flexibility index (Phi) is 5.11. The Balaban J connectivity index is 1.54.